The number of amides is 1. The maximum absolute atomic E-state index is 13.0. The highest BCUT2D eigenvalue weighted by Crippen LogP contribution is 2.33. The highest BCUT2D eigenvalue weighted by molar-refractivity contribution is 7.89. The number of benzene rings is 2. The molecule has 5 rings (SSSR count). The standard InChI is InChI=1S/C23H27N3O6S/c27-23(19-2-4-20(5-3-19)33(28,29)26-11-13-30-14-12-26)25-9-7-24(8-10-25)16-18-1-6-21-22(15-18)32-17-31-21/h1-6,15H,7-14,16-17H2. The van der Waals surface area contributed by atoms with Gasteiger partial charge in [-0.3, -0.25) is 9.69 Å². The van der Waals surface area contributed by atoms with Crippen LogP contribution in [0.3, 0.4) is 0 Å². The van der Waals surface area contributed by atoms with E-state index in [1.54, 1.807) is 12.1 Å². The predicted octanol–water partition coefficient (Wildman–Crippen LogP) is 1.39. The number of ether oxygens (including phenoxy) is 3. The summed E-state index contributed by atoms with van der Waals surface area (Å²) in [5.41, 5.74) is 1.65. The average molecular weight is 474 g/mol. The van der Waals surface area contributed by atoms with Gasteiger partial charge in [-0.1, -0.05) is 6.07 Å². The first kappa shape index (κ1) is 22.1. The van der Waals surface area contributed by atoms with Gasteiger partial charge >= 0.3 is 0 Å². The van der Waals surface area contributed by atoms with E-state index in [9.17, 15) is 13.2 Å². The maximum atomic E-state index is 13.0. The van der Waals surface area contributed by atoms with Crippen LogP contribution in [0.25, 0.3) is 0 Å². The Morgan fingerprint density at radius 2 is 1.55 bits per heavy atom. The number of hydrogen-bond acceptors (Lipinski definition) is 7. The molecule has 2 saturated heterocycles. The van der Waals surface area contributed by atoms with Gasteiger partial charge in [-0.25, -0.2) is 8.42 Å². The van der Waals surface area contributed by atoms with E-state index in [1.807, 2.05) is 23.1 Å². The summed E-state index contributed by atoms with van der Waals surface area (Å²) in [6.45, 7) is 5.32. The van der Waals surface area contributed by atoms with E-state index in [4.69, 9.17) is 14.2 Å². The lowest BCUT2D eigenvalue weighted by molar-refractivity contribution is 0.0628. The Balaban J connectivity index is 1.17. The number of fused-ring (bicyclic) bond motifs is 1. The van der Waals surface area contributed by atoms with Crippen molar-refractivity contribution < 1.29 is 27.4 Å². The molecule has 3 aliphatic rings. The van der Waals surface area contributed by atoms with Crippen LogP contribution in [-0.2, 0) is 21.3 Å². The van der Waals surface area contributed by atoms with Gasteiger partial charge in [-0.2, -0.15) is 4.31 Å². The van der Waals surface area contributed by atoms with Crippen molar-refractivity contribution in [3.8, 4) is 11.5 Å². The molecule has 0 aliphatic carbocycles. The van der Waals surface area contributed by atoms with Crippen molar-refractivity contribution >= 4 is 15.9 Å². The minimum atomic E-state index is -3.57. The second-order valence-corrected chi connectivity index (χ2v) is 10.2. The Labute approximate surface area is 193 Å². The summed E-state index contributed by atoms with van der Waals surface area (Å²) in [5.74, 6) is 1.48. The van der Waals surface area contributed by atoms with Crippen molar-refractivity contribution in [3.05, 3.63) is 53.6 Å². The fourth-order valence-corrected chi connectivity index (χ4v) is 5.70. The molecule has 9 nitrogen and oxygen atoms in total. The Hall–Kier alpha value is -2.66. The van der Waals surface area contributed by atoms with Gasteiger partial charge in [-0.05, 0) is 42.0 Å². The molecular weight excluding hydrogens is 446 g/mol. The number of sulfonamides is 1. The van der Waals surface area contributed by atoms with Gasteiger partial charge in [0.25, 0.3) is 5.91 Å². The topological polar surface area (TPSA) is 88.6 Å². The Morgan fingerprint density at radius 1 is 0.848 bits per heavy atom. The van der Waals surface area contributed by atoms with Crippen molar-refractivity contribution in [1.82, 2.24) is 14.1 Å². The number of carbonyl (C=O) groups is 1. The molecule has 2 aromatic rings. The van der Waals surface area contributed by atoms with Gasteiger partial charge < -0.3 is 19.1 Å². The minimum absolute atomic E-state index is 0.0759. The number of piperazine rings is 1. The van der Waals surface area contributed by atoms with Crippen LogP contribution in [0.15, 0.2) is 47.4 Å². The molecule has 33 heavy (non-hydrogen) atoms. The van der Waals surface area contributed by atoms with Gasteiger partial charge in [0.15, 0.2) is 11.5 Å². The minimum Gasteiger partial charge on any atom is -0.454 e. The zero-order valence-corrected chi connectivity index (χ0v) is 19.1. The van der Waals surface area contributed by atoms with Crippen molar-refractivity contribution in [2.75, 3.05) is 59.3 Å². The molecular formula is C23H27N3O6S. The second kappa shape index (κ2) is 9.30. The molecule has 0 radical (unpaired) electrons. The molecule has 0 N–H and O–H groups in total. The fraction of sp³-hybridized carbons (Fsp3) is 0.435. The van der Waals surface area contributed by atoms with Crippen LogP contribution in [0.2, 0.25) is 0 Å². The van der Waals surface area contributed by atoms with E-state index in [-0.39, 0.29) is 17.6 Å². The third-order valence-electron chi connectivity index (χ3n) is 6.21. The summed E-state index contributed by atoms with van der Waals surface area (Å²) in [5, 5.41) is 0. The van der Waals surface area contributed by atoms with Crippen molar-refractivity contribution in [1.29, 1.82) is 0 Å². The molecule has 0 saturated carbocycles. The fourth-order valence-electron chi connectivity index (χ4n) is 4.29. The molecule has 0 unspecified atom stereocenters. The van der Waals surface area contributed by atoms with Gasteiger partial charge in [0.2, 0.25) is 16.8 Å². The van der Waals surface area contributed by atoms with E-state index in [0.717, 1.165) is 36.7 Å². The molecule has 0 atom stereocenters. The van der Waals surface area contributed by atoms with Crippen LogP contribution in [0.4, 0.5) is 0 Å². The van der Waals surface area contributed by atoms with Crippen LogP contribution in [0.5, 0.6) is 11.5 Å². The summed E-state index contributed by atoms with van der Waals surface area (Å²) in [7, 11) is -3.57. The van der Waals surface area contributed by atoms with Crippen LogP contribution in [0, 0.1) is 0 Å². The Bertz CT molecular complexity index is 1110. The first-order valence-electron chi connectivity index (χ1n) is 11.1. The summed E-state index contributed by atoms with van der Waals surface area (Å²) >= 11 is 0. The van der Waals surface area contributed by atoms with E-state index in [0.29, 0.717) is 45.0 Å². The van der Waals surface area contributed by atoms with Crippen LogP contribution >= 0.6 is 0 Å². The molecule has 3 aliphatic heterocycles. The highest BCUT2D eigenvalue weighted by atomic mass is 32.2. The summed E-state index contributed by atoms with van der Waals surface area (Å²) in [6, 6.07) is 12.2. The third-order valence-corrected chi connectivity index (χ3v) is 8.12. The normalized spacial score (nSPS) is 19.6. The van der Waals surface area contributed by atoms with E-state index < -0.39 is 10.0 Å². The molecule has 176 valence electrons. The highest BCUT2D eigenvalue weighted by Gasteiger charge is 2.27. The van der Waals surface area contributed by atoms with E-state index in [1.165, 1.54) is 16.4 Å². The molecule has 2 aromatic carbocycles. The van der Waals surface area contributed by atoms with Gasteiger partial charge in [0, 0.05) is 51.4 Å². The first-order valence-corrected chi connectivity index (χ1v) is 12.5. The summed E-state index contributed by atoms with van der Waals surface area (Å²) < 4.78 is 43.0. The number of nitrogens with zero attached hydrogens (tertiary/aromatic N) is 3. The van der Waals surface area contributed by atoms with Crippen LogP contribution in [0.1, 0.15) is 15.9 Å². The largest absolute Gasteiger partial charge is 0.454 e. The van der Waals surface area contributed by atoms with E-state index >= 15 is 0 Å². The number of hydrogen-bond donors (Lipinski definition) is 0. The summed E-state index contributed by atoms with van der Waals surface area (Å²) in [4.78, 5) is 17.3. The Morgan fingerprint density at radius 3 is 2.27 bits per heavy atom. The summed E-state index contributed by atoms with van der Waals surface area (Å²) in [6.07, 6.45) is 0. The molecule has 0 aromatic heterocycles. The lowest BCUT2D eigenvalue weighted by atomic mass is 10.1. The van der Waals surface area contributed by atoms with E-state index in [2.05, 4.69) is 4.90 Å². The second-order valence-electron chi connectivity index (χ2n) is 8.30. The van der Waals surface area contributed by atoms with Crippen molar-refractivity contribution in [2.24, 2.45) is 0 Å². The zero-order chi connectivity index (χ0) is 22.8. The van der Waals surface area contributed by atoms with Gasteiger partial charge in [0.05, 0.1) is 18.1 Å². The molecule has 2 fully saturated rings. The van der Waals surface area contributed by atoms with Crippen LogP contribution < -0.4 is 9.47 Å². The smallest absolute Gasteiger partial charge is 0.253 e. The van der Waals surface area contributed by atoms with Crippen molar-refractivity contribution in [3.63, 3.8) is 0 Å². The first-order chi connectivity index (χ1) is 16.0. The van der Waals surface area contributed by atoms with Crippen LogP contribution in [-0.4, -0.2) is 87.7 Å². The molecule has 10 heteroatoms. The number of morpholine rings is 1. The van der Waals surface area contributed by atoms with Gasteiger partial charge in [0.1, 0.15) is 0 Å². The van der Waals surface area contributed by atoms with Gasteiger partial charge in [-0.15, -0.1) is 0 Å². The average Bonchev–Trinajstić information content (AvgIpc) is 3.33. The third kappa shape index (κ3) is 4.70. The SMILES string of the molecule is O=C(c1ccc(S(=O)(=O)N2CCOCC2)cc1)N1CCN(Cc2ccc3c(c2)OCO3)CC1. The molecule has 0 spiro atoms. The van der Waals surface area contributed by atoms with Crippen molar-refractivity contribution in [2.45, 2.75) is 11.4 Å². The lowest BCUT2D eigenvalue weighted by Crippen LogP contribution is -2.48. The number of carbonyl (C=O) groups excluding carboxylic acids is 1. The molecule has 3 heterocycles. The maximum Gasteiger partial charge on any atom is 0.253 e. The zero-order valence-electron chi connectivity index (χ0n) is 18.3. The Kier molecular flexibility index (Phi) is 6.24. The quantitative estimate of drug-likeness (QED) is 0.649. The lowest BCUT2D eigenvalue weighted by Gasteiger charge is -2.34. The number of rotatable bonds is 5. The predicted molar refractivity (Wildman–Crippen MR) is 120 cm³/mol. The molecule has 0 bridgehead atoms. The monoisotopic (exact) mass is 473 g/mol. The molecule has 1 amide bonds.